The maximum absolute atomic E-state index is 12.5. The van der Waals surface area contributed by atoms with Gasteiger partial charge in [0.25, 0.3) is 5.91 Å². The van der Waals surface area contributed by atoms with Crippen molar-refractivity contribution in [2.45, 2.75) is 6.42 Å². The van der Waals surface area contributed by atoms with Crippen molar-refractivity contribution in [3.05, 3.63) is 34.0 Å². The Bertz CT molecular complexity index is 1010. The molecule has 0 unspecified atom stereocenters. The summed E-state index contributed by atoms with van der Waals surface area (Å²) in [5.41, 5.74) is 2.42. The third-order valence-corrected chi connectivity index (χ3v) is 7.03. The number of allylic oxidation sites excluding steroid dienone is 1. The lowest BCUT2D eigenvalue weighted by atomic mass is 10.0. The monoisotopic (exact) mass is 458 g/mol. The first-order valence-electron chi connectivity index (χ1n) is 7.93. The number of anilines is 1. The molecule has 0 fully saturated rings. The van der Waals surface area contributed by atoms with Crippen molar-refractivity contribution in [1.29, 1.82) is 0 Å². The minimum absolute atomic E-state index is 0.228. The molecule has 0 atom stereocenters. The number of amides is 1. The molecular weight excluding hydrogens is 440 g/mol. The van der Waals surface area contributed by atoms with Gasteiger partial charge in [0.2, 0.25) is 10.0 Å². The summed E-state index contributed by atoms with van der Waals surface area (Å²) in [6, 6.07) is 3.39. The smallest absolute Gasteiger partial charge is 0.255 e. The van der Waals surface area contributed by atoms with Gasteiger partial charge in [0, 0.05) is 35.8 Å². The molecule has 1 aliphatic rings. The molecule has 0 saturated carbocycles. The number of furan rings is 1. The average Bonchev–Trinajstić information content (AvgIpc) is 2.98. The fourth-order valence-electron chi connectivity index (χ4n) is 2.84. The van der Waals surface area contributed by atoms with Crippen LogP contribution in [0.1, 0.15) is 22.5 Å². The van der Waals surface area contributed by atoms with Crippen molar-refractivity contribution in [2.75, 3.05) is 36.2 Å². The minimum atomic E-state index is -3.42. The topological polar surface area (TPSA) is 79.6 Å². The van der Waals surface area contributed by atoms with E-state index in [-0.39, 0.29) is 5.91 Å². The summed E-state index contributed by atoms with van der Waals surface area (Å²) in [5.74, 6) is 2.19. The summed E-state index contributed by atoms with van der Waals surface area (Å²) in [6.45, 7) is 0. The molecule has 2 heterocycles. The maximum Gasteiger partial charge on any atom is 0.255 e. The molecule has 3 rings (SSSR count). The lowest BCUT2D eigenvalue weighted by molar-refractivity contribution is 0.0963. The average molecular weight is 459 g/mol. The Labute approximate surface area is 165 Å². The van der Waals surface area contributed by atoms with Gasteiger partial charge in [0.15, 0.2) is 0 Å². The Hall–Kier alpha value is -1.45. The molecule has 2 aromatic rings. The third kappa shape index (κ3) is 3.52. The van der Waals surface area contributed by atoms with E-state index >= 15 is 0 Å². The molecule has 9 heteroatoms. The van der Waals surface area contributed by atoms with Crippen LogP contribution in [-0.2, 0) is 10.0 Å². The Morgan fingerprint density at radius 2 is 2.12 bits per heavy atom. The lowest BCUT2D eigenvalue weighted by Crippen LogP contribution is -2.25. The normalized spacial score (nSPS) is 15.0. The van der Waals surface area contributed by atoms with E-state index < -0.39 is 10.0 Å². The van der Waals surface area contributed by atoms with Crippen LogP contribution in [0.4, 0.5) is 5.69 Å². The number of nitrogens with zero attached hydrogens (tertiary/aromatic N) is 1. The summed E-state index contributed by atoms with van der Waals surface area (Å²) in [4.78, 5) is 12.5. The zero-order valence-corrected chi connectivity index (χ0v) is 17.8. The fraction of sp³-hybridized carbons (Fsp3) is 0.353. The summed E-state index contributed by atoms with van der Waals surface area (Å²) in [6.07, 6.45) is 4.04. The number of rotatable bonds is 4. The molecule has 1 N–H and O–H groups in total. The number of sulfonamides is 1. The number of hydrogen-bond donors (Lipinski definition) is 1. The summed E-state index contributed by atoms with van der Waals surface area (Å²) >= 11 is 5.26. The number of halogens is 1. The van der Waals surface area contributed by atoms with Crippen LogP contribution in [0.5, 0.6) is 0 Å². The van der Waals surface area contributed by atoms with Gasteiger partial charge in [-0.15, -0.1) is 0 Å². The largest absolute Gasteiger partial charge is 0.455 e. The molecule has 1 amide bonds. The highest BCUT2D eigenvalue weighted by atomic mass is 79.9. The molecule has 0 radical (unpaired) electrons. The van der Waals surface area contributed by atoms with Crippen LogP contribution in [0.15, 0.2) is 27.1 Å². The van der Waals surface area contributed by atoms with Crippen molar-refractivity contribution in [3.63, 3.8) is 0 Å². The number of nitrogens with one attached hydrogen (secondary N) is 1. The minimum Gasteiger partial charge on any atom is -0.455 e. The summed E-state index contributed by atoms with van der Waals surface area (Å²) < 4.78 is 31.6. The van der Waals surface area contributed by atoms with Gasteiger partial charge in [-0.2, -0.15) is 11.8 Å². The molecule has 0 bridgehead atoms. The van der Waals surface area contributed by atoms with Gasteiger partial charge in [-0.05, 0) is 39.7 Å². The molecule has 6 nitrogen and oxygen atoms in total. The van der Waals surface area contributed by atoms with Crippen LogP contribution < -0.4 is 9.62 Å². The van der Waals surface area contributed by atoms with Gasteiger partial charge in [-0.25, -0.2) is 8.42 Å². The van der Waals surface area contributed by atoms with Gasteiger partial charge in [-0.3, -0.25) is 9.10 Å². The first kappa shape index (κ1) is 19.3. The highest BCUT2D eigenvalue weighted by Crippen LogP contribution is 2.39. The van der Waals surface area contributed by atoms with Crippen molar-refractivity contribution in [3.8, 4) is 0 Å². The van der Waals surface area contributed by atoms with Gasteiger partial charge >= 0.3 is 0 Å². The van der Waals surface area contributed by atoms with Crippen LogP contribution in [0.25, 0.3) is 16.5 Å². The highest BCUT2D eigenvalue weighted by Gasteiger charge is 2.26. The number of carbonyl (C=O) groups excluding carboxylic acids is 1. The zero-order chi connectivity index (χ0) is 19.1. The molecule has 26 heavy (non-hydrogen) atoms. The molecule has 0 spiro atoms. The van der Waals surface area contributed by atoms with Crippen LogP contribution >= 0.6 is 27.7 Å². The molecular formula is C17H19BrN2O4S2. The summed E-state index contributed by atoms with van der Waals surface area (Å²) in [5, 5.41) is 3.32. The first-order chi connectivity index (χ1) is 12.2. The van der Waals surface area contributed by atoms with Crippen molar-refractivity contribution in [1.82, 2.24) is 5.32 Å². The summed E-state index contributed by atoms with van der Waals surface area (Å²) in [7, 11) is -0.365. The lowest BCUT2D eigenvalue weighted by Gasteiger charge is -2.18. The Kier molecular flexibility index (Phi) is 5.41. The SMILES string of the molecule is CNC(=O)c1c(C2=CCSCC2)oc2cc(N(C)S(C)(=O)=O)c(Br)cc12. The van der Waals surface area contributed by atoms with E-state index in [0.717, 1.165) is 29.8 Å². The second-order valence-corrected chi connectivity index (χ2v) is 9.99. The van der Waals surface area contributed by atoms with E-state index in [1.165, 1.54) is 11.4 Å². The molecule has 1 aromatic heterocycles. The Morgan fingerprint density at radius 3 is 2.69 bits per heavy atom. The molecule has 1 aromatic carbocycles. The van der Waals surface area contributed by atoms with Crippen LogP contribution in [0.3, 0.4) is 0 Å². The van der Waals surface area contributed by atoms with E-state index in [2.05, 4.69) is 27.3 Å². The molecule has 1 aliphatic heterocycles. The number of hydrogen-bond acceptors (Lipinski definition) is 5. The number of benzene rings is 1. The molecule has 140 valence electrons. The molecule has 0 aliphatic carbocycles. The van der Waals surface area contributed by atoms with E-state index in [4.69, 9.17) is 4.42 Å². The first-order valence-corrected chi connectivity index (χ1v) is 11.7. The molecule has 0 saturated heterocycles. The second-order valence-electron chi connectivity index (χ2n) is 5.97. The third-order valence-electron chi connectivity index (χ3n) is 4.30. The number of fused-ring (bicyclic) bond motifs is 1. The van der Waals surface area contributed by atoms with Crippen molar-refractivity contribution >= 4 is 65.9 Å². The van der Waals surface area contributed by atoms with Crippen LogP contribution in [0.2, 0.25) is 0 Å². The highest BCUT2D eigenvalue weighted by molar-refractivity contribution is 9.10. The van der Waals surface area contributed by atoms with Crippen LogP contribution in [-0.4, -0.2) is 46.2 Å². The predicted molar refractivity (Wildman–Crippen MR) is 110 cm³/mol. The number of carbonyl (C=O) groups is 1. The van der Waals surface area contributed by atoms with Crippen molar-refractivity contribution in [2.24, 2.45) is 0 Å². The second kappa shape index (κ2) is 7.28. The van der Waals surface area contributed by atoms with Crippen LogP contribution in [0, 0.1) is 0 Å². The van der Waals surface area contributed by atoms with E-state index in [1.54, 1.807) is 19.2 Å². The number of thioether (sulfide) groups is 1. The Balaban J connectivity index is 2.26. The van der Waals surface area contributed by atoms with E-state index in [9.17, 15) is 13.2 Å². The van der Waals surface area contributed by atoms with Crippen molar-refractivity contribution < 1.29 is 17.6 Å². The maximum atomic E-state index is 12.5. The zero-order valence-electron chi connectivity index (χ0n) is 14.6. The van der Waals surface area contributed by atoms with Gasteiger partial charge in [0.1, 0.15) is 11.3 Å². The van der Waals surface area contributed by atoms with Gasteiger partial charge < -0.3 is 9.73 Å². The Morgan fingerprint density at radius 1 is 1.38 bits per heavy atom. The standard InChI is InChI=1S/C17H19BrN2O4S2/c1-19-17(21)15-11-8-12(18)13(20(2)26(3,22)23)9-14(11)24-16(15)10-4-6-25-7-5-10/h4,8-9H,5-7H2,1-3H3,(H,19,21). The van der Waals surface area contributed by atoms with Gasteiger partial charge in [0.05, 0.1) is 17.5 Å². The van der Waals surface area contributed by atoms with Gasteiger partial charge in [-0.1, -0.05) is 6.08 Å². The van der Waals surface area contributed by atoms with E-state index in [1.807, 2.05) is 11.8 Å². The fourth-order valence-corrected chi connectivity index (χ4v) is 4.92. The van der Waals surface area contributed by atoms with E-state index in [0.29, 0.717) is 32.5 Å². The quantitative estimate of drug-likeness (QED) is 0.758. The predicted octanol–water partition coefficient (Wildman–Crippen LogP) is 3.47.